The minimum Gasteiger partial charge on any atom is -0.462 e. The third-order valence-corrected chi connectivity index (χ3v) is 3.18. The predicted octanol–water partition coefficient (Wildman–Crippen LogP) is 4.41. The fourth-order valence-electron chi connectivity index (χ4n) is 1.86. The molecular weight excluding hydrogens is 252 g/mol. The molecule has 0 bridgehead atoms. The van der Waals surface area contributed by atoms with E-state index in [-0.39, 0.29) is 11.8 Å². The van der Waals surface area contributed by atoms with Gasteiger partial charge in [0, 0.05) is 12.0 Å². The molecule has 0 spiro atoms. The van der Waals surface area contributed by atoms with E-state index in [4.69, 9.17) is 4.74 Å². The smallest absolute Gasteiger partial charge is 0.338 e. The lowest BCUT2D eigenvalue weighted by Crippen LogP contribution is -2.07. The molecule has 1 aromatic carbocycles. The molecule has 0 aromatic heterocycles. The fraction of sp³-hybridized carbons (Fsp3) is 0.529. The lowest BCUT2D eigenvalue weighted by Gasteiger charge is -2.05. The van der Waals surface area contributed by atoms with Crippen LogP contribution in [0.5, 0.6) is 0 Å². The number of carbonyl (C=O) groups is 2. The summed E-state index contributed by atoms with van der Waals surface area (Å²) in [7, 11) is 0. The van der Waals surface area contributed by atoms with E-state index < -0.39 is 0 Å². The number of hydrogen-bond donors (Lipinski definition) is 0. The van der Waals surface area contributed by atoms with Gasteiger partial charge in [0.05, 0.1) is 12.2 Å². The number of benzene rings is 1. The molecule has 0 amide bonds. The molecule has 110 valence electrons. The maximum atomic E-state index is 11.9. The van der Waals surface area contributed by atoms with Gasteiger partial charge >= 0.3 is 5.97 Å². The Bertz CT molecular complexity index is 379. The molecule has 1 rings (SSSR count). The molecule has 0 N–H and O–H groups in total. The molecule has 3 heteroatoms. The van der Waals surface area contributed by atoms with E-state index in [1.54, 1.807) is 24.3 Å². The number of esters is 1. The highest BCUT2D eigenvalue weighted by molar-refractivity contribution is 5.97. The summed E-state index contributed by atoms with van der Waals surface area (Å²) in [5.74, 6) is -0.173. The highest BCUT2D eigenvalue weighted by Gasteiger charge is 2.09. The lowest BCUT2D eigenvalue weighted by atomic mass is 10.0. The normalized spacial score (nSPS) is 10.3. The molecule has 0 aliphatic heterocycles. The second kappa shape index (κ2) is 9.29. The van der Waals surface area contributed by atoms with Crippen molar-refractivity contribution in [2.75, 3.05) is 6.61 Å². The predicted molar refractivity (Wildman–Crippen MR) is 80.1 cm³/mol. The summed E-state index contributed by atoms with van der Waals surface area (Å²) >= 11 is 0. The topological polar surface area (TPSA) is 43.4 Å². The molecule has 0 aliphatic carbocycles. The van der Waals surface area contributed by atoms with Gasteiger partial charge in [-0.3, -0.25) is 4.79 Å². The van der Waals surface area contributed by atoms with E-state index in [1.165, 1.54) is 0 Å². The van der Waals surface area contributed by atoms with Crippen LogP contribution < -0.4 is 0 Å². The molecule has 20 heavy (non-hydrogen) atoms. The highest BCUT2D eigenvalue weighted by Crippen LogP contribution is 2.11. The first-order valence-corrected chi connectivity index (χ1v) is 7.49. The summed E-state index contributed by atoms with van der Waals surface area (Å²) < 4.78 is 5.12. The van der Waals surface area contributed by atoms with Gasteiger partial charge in [-0.2, -0.15) is 0 Å². The molecular formula is C17H24O3. The van der Waals surface area contributed by atoms with Gasteiger partial charge in [0.25, 0.3) is 0 Å². The molecule has 0 aliphatic rings. The summed E-state index contributed by atoms with van der Waals surface area (Å²) in [5.41, 5.74) is 1.18. The highest BCUT2D eigenvalue weighted by atomic mass is 16.5. The number of unbranched alkanes of at least 4 members (excludes halogenated alkanes) is 3. The van der Waals surface area contributed by atoms with Crippen molar-refractivity contribution in [1.82, 2.24) is 0 Å². The second-order valence-electron chi connectivity index (χ2n) is 4.95. The van der Waals surface area contributed by atoms with Crippen LogP contribution in [0.4, 0.5) is 0 Å². The number of rotatable bonds is 9. The first kappa shape index (κ1) is 16.4. The monoisotopic (exact) mass is 276 g/mol. The summed E-state index contributed by atoms with van der Waals surface area (Å²) in [6.45, 7) is 4.61. The van der Waals surface area contributed by atoms with E-state index in [2.05, 4.69) is 6.92 Å². The Balaban J connectivity index is 2.50. The average Bonchev–Trinajstić information content (AvgIpc) is 2.47. The van der Waals surface area contributed by atoms with Crippen molar-refractivity contribution in [3.63, 3.8) is 0 Å². The van der Waals surface area contributed by atoms with Gasteiger partial charge in [0.15, 0.2) is 5.78 Å². The number of ketones is 1. The van der Waals surface area contributed by atoms with Crippen LogP contribution in [0.15, 0.2) is 24.3 Å². The van der Waals surface area contributed by atoms with Gasteiger partial charge in [-0.05, 0) is 25.0 Å². The molecule has 0 atom stereocenters. The van der Waals surface area contributed by atoms with Gasteiger partial charge < -0.3 is 4.74 Å². The number of ether oxygens (including phenoxy) is 1. The zero-order valence-electron chi connectivity index (χ0n) is 12.5. The van der Waals surface area contributed by atoms with Crippen molar-refractivity contribution in [2.45, 2.75) is 52.4 Å². The Hall–Kier alpha value is -1.64. The van der Waals surface area contributed by atoms with Crippen molar-refractivity contribution in [3.05, 3.63) is 35.4 Å². The SMILES string of the molecule is CCCCCC(=O)c1ccc(C(=O)OCCCC)cc1. The van der Waals surface area contributed by atoms with Crippen LogP contribution in [0.3, 0.4) is 0 Å². The minimum absolute atomic E-state index is 0.143. The quantitative estimate of drug-likeness (QED) is 0.381. The van der Waals surface area contributed by atoms with Crippen LogP contribution in [0.2, 0.25) is 0 Å². The standard InChI is InChI=1S/C17H24O3/c1-3-5-7-8-16(18)14-9-11-15(12-10-14)17(19)20-13-6-4-2/h9-12H,3-8,13H2,1-2H3. The van der Waals surface area contributed by atoms with E-state index in [9.17, 15) is 9.59 Å². The van der Waals surface area contributed by atoms with E-state index in [0.717, 1.165) is 32.1 Å². The van der Waals surface area contributed by atoms with Gasteiger partial charge in [-0.15, -0.1) is 0 Å². The Kier molecular flexibility index (Phi) is 7.63. The Morgan fingerprint density at radius 3 is 2.10 bits per heavy atom. The van der Waals surface area contributed by atoms with Gasteiger partial charge in [-0.25, -0.2) is 4.79 Å². The van der Waals surface area contributed by atoms with Crippen LogP contribution >= 0.6 is 0 Å². The van der Waals surface area contributed by atoms with Crippen molar-refractivity contribution >= 4 is 11.8 Å². The van der Waals surface area contributed by atoms with Crippen LogP contribution in [0.25, 0.3) is 0 Å². The van der Waals surface area contributed by atoms with Gasteiger partial charge in [0.1, 0.15) is 0 Å². The van der Waals surface area contributed by atoms with Gasteiger partial charge in [0.2, 0.25) is 0 Å². The summed E-state index contributed by atoms with van der Waals surface area (Å²) in [6, 6.07) is 6.76. The number of carbonyl (C=O) groups excluding carboxylic acids is 2. The molecule has 0 saturated heterocycles. The van der Waals surface area contributed by atoms with Crippen LogP contribution in [-0.4, -0.2) is 18.4 Å². The Morgan fingerprint density at radius 1 is 0.900 bits per heavy atom. The summed E-state index contributed by atoms with van der Waals surface area (Å²) in [6.07, 6.45) is 5.56. The maximum absolute atomic E-state index is 11.9. The van der Waals surface area contributed by atoms with Crippen molar-refractivity contribution < 1.29 is 14.3 Å². The summed E-state index contributed by atoms with van der Waals surface area (Å²) in [5, 5.41) is 0. The van der Waals surface area contributed by atoms with E-state index in [1.807, 2.05) is 6.92 Å². The Labute approximate surface area is 121 Å². The Morgan fingerprint density at radius 2 is 1.50 bits per heavy atom. The third-order valence-electron chi connectivity index (χ3n) is 3.18. The van der Waals surface area contributed by atoms with Crippen molar-refractivity contribution in [1.29, 1.82) is 0 Å². The lowest BCUT2D eigenvalue weighted by molar-refractivity contribution is 0.0499. The zero-order chi connectivity index (χ0) is 14.8. The molecule has 0 radical (unpaired) electrons. The first-order valence-electron chi connectivity index (χ1n) is 7.49. The van der Waals surface area contributed by atoms with E-state index in [0.29, 0.717) is 24.2 Å². The zero-order valence-corrected chi connectivity index (χ0v) is 12.5. The molecule has 1 aromatic rings. The minimum atomic E-state index is -0.316. The van der Waals surface area contributed by atoms with Crippen LogP contribution in [-0.2, 0) is 4.74 Å². The maximum Gasteiger partial charge on any atom is 0.338 e. The molecule has 3 nitrogen and oxygen atoms in total. The first-order chi connectivity index (χ1) is 9.69. The molecule has 0 fully saturated rings. The van der Waals surface area contributed by atoms with E-state index >= 15 is 0 Å². The van der Waals surface area contributed by atoms with Crippen molar-refractivity contribution in [3.8, 4) is 0 Å². The third kappa shape index (κ3) is 5.55. The van der Waals surface area contributed by atoms with Crippen LogP contribution in [0, 0.1) is 0 Å². The number of Topliss-reactive ketones (excluding diaryl/α,β-unsaturated/α-hetero) is 1. The van der Waals surface area contributed by atoms with Crippen molar-refractivity contribution in [2.24, 2.45) is 0 Å². The van der Waals surface area contributed by atoms with Crippen LogP contribution in [0.1, 0.15) is 73.1 Å². The molecule has 0 heterocycles. The van der Waals surface area contributed by atoms with Gasteiger partial charge in [-0.1, -0.05) is 45.2 Å². The second-order valence-corrected chi connectivity index (χ2v) is 4.95. The number of hydrogen-bond acceptors (Lipinski definition) is 3. The largest absolute Gasteiger partial charge is 0.462 e. The molecule has 0 saturated carbocycles. The average molecular weight is 276 g/mol. The fourth-order valence-corrected chi connectivity index (χ4v) is 1.86. The summed E-state index contributed by atoms with van der Waals surface area (Å²) in [4.78, 5) is 23.6. The molecule has 0 unspecified atom stereocenters.